The van der Waals surface area contributed by atoms with Gasteiger partial charge < -0.3 is 20.9 Å². The number of hydrogen-bond donors (Lipinski definition) is 3. The summed E-state index contributed by atoms with van der Waals surface area (Å²) in [5.41, 5.74) is 4.69. The Morgan fingerprint density at radius 1 is 1.73 bits per heavy atom. The van der Waals surface area contributed by atoms with Crippen LogP contribution in [0.3, 0.4) is 0 Å². The van der Waals surface area contributed by atoms with Gasteiger partial charge in [-0.3, -0.25) is 0 Å². The average molecular weight is 162 g/mol. The predicted octanol–water partition coefficient (Wildman–Crippen LogP) is -1.25. The molecule has 2 amide bonds. The quantitative estimate of drug-likeness (QED) is 0.480. The molecule has 6 heteroatoms. The highest BCUT2D eigenvalue weighted by Gasteiger charge is 2.17. The number of hydrogen-bond acceptors (Lipinski definition) is 3. The van der Waals surface area contributed by atoms with Crippen LogP contribution in [0, 0.1) is 0 Å². The second-order valence-corrected chi connectivity index (χ2v) is 1.85. The molecule has 4 N–H and O–H groups in total. The Labute approximate surface area is 63.3 Å². The number of carbonyl (C=O) groups is 2. The zero-order chi connectivity index (χ0) is 8.85. The Balaban J connectivity index is 3.89. The minimum atomic E-state index is -1.18. The van der Waals surface area contributed by atoms with Gasteiger partial charge in [-0.2, -0.15) is 0 Å². The third kappa shape index (κ3) is 4.15. The topological polar surface area (TPSA) is 102 Å². The number of carbonyl (C=O) groups excluding carboxylic acids is 1. The smallest absolute Gasteiger partial charge is 0.328 e. The zero-order valence-electron chi connectivity index (χ0n) is 6.03. The van der Waals surface area contributed by atoms with E-state index in [-0.39, 0.29) is 6.61 Å². The second kappa shape index (κ2) is 4.51. The average Bonchev–Trinajstić information content (AvgIpc) is 1.86. The molecule has 64 valence electrons. The summed E-state index contributed by atoms with van der Waals surface area (Å²) < 4.78 is 4.52. The standard InChI is InChI=1S/C5H10N2O4/c1-11-2-3(4(8)9)7-5(6)10/h3H,2H2,1H3,(H,8,9)(H3,6,7,10). The van der Waals surface area contributed by atoms with E-state index in [4.69, 9.17) is 10.8 Å². The molecule has 0 aromatic rings. The summed E-state index contributed by atoms with van der Waals surface area (Å²) in [4.78, 5) is 20.5. The van der Waals surface area contributed by atoms with Gasteiger partial charge in [0.25, 0.3) is 0 Å². The van der Waals surface area contributed by atoms with Crippen molar-refractivity contribution in [2.24, 2.45) is 5.73 Å². The molecule has 1 unspecified atom stereocenters. The van der Waals surface area contributed by atoms with Gasteiger partial charge >= 0.3 is 12.0 Å². The van der Waals surface area contributed by atoms with E-state index in [2.05, 4.69) is 4.74 Å². The molecule has 6 nitrogen and oxygen atoms in total. The Morgan fingerprint density at radius 2 is 2.27 bits per heavy atom. The molecule has 11 heavy (non-hydrogen) atoms. The van der Waals surface area contributed by atoms with Crippen LogP contribution in [0.25, 0.3) is 0 Å². The number of aliphatic carboxylic acids is 1. The molecule has 0 saturated carbocycles. The molecule has 0 spiro atoms. The molecule has 0 rings (SSSR count). The van der Waals surface area contributed by atoms with Crippen LogP contribution in [-0.2, 0) is 9.53 Å². The van der Waals surface area contributed by atoms with Crippen molar-refractivity contribution in [3.63, 3.8) is 0 Å². The molecule has 0 aromatic heterocycles. The number of carboxylic acids is 1. The van der Waals surface area contributed by atoms with Crippen LogP contribution >= 0.6 is 0 Å². The predicted molar refractivity (Wildman–Crippen MR) is 36.0 cm³/mol. The van der Waals surface area contributed by atoms with Crippen molar-refractivity contribution in [2.45, 2.75) is 6.04 Å². The van der Waals surface area contributed by atoms with Gasteiger partial charge in [-0.1, -0.05) is 0 Å². The third-order valence-corrected chi connectivity index (χ3v) is 0.948. The number of amides is 2. The fourth-order valence-corrected chi connectivity index (χ4v) is 0.513. The van der Waals surface area contributed by atoms with Crippen LogP contribution in [0.4, 0.5) is 4.79 Å². The van der Waals surface area contributed by atoms with Gasteiger partial charge in [0, 0.05) is 7.11 Å². The molecule has 0 bridgehead atoms. The van der Waals surface area contributed by atoms with Crippen molar-refractivity contribution in [3.05, 3.63) is 0 Å². The monoisotopic (exact) mass is 162 g/mol. The summed E-state index contributed by atoms with van der Waals surface area (Å²) >= 11 is 0. The van der Waals surface area contributed by atoms with Crippen LogP contribution in [0.5, 0.6) is 0 Å². The summed E-state index contributed by atoms with van der Waals surface area (Å²) in [5.74, 6) is -1.18. The van der Waals surface area contributed by atoms with Gasteiger partial charge in [0.1, 0.15) is 0 Å². The molecule has 0 saturated heterocycles. The number of urea groups is 1. The van der Waals surface area contributed by atoms with Crippen molar-refractivity contribution in [3.8, 4) is 0 Å². The van der Waals surface area contributed by atoms with Gasteiger partial charge in [-0.15, -0.1) is 0 Å². The van der Waals surface area contributed by atoms with Gasteiger partial charge in [0.15, 0.2) is 6.04 Å². The van der Waals surface area contributed by atoms with E-state index in [0.29, 0.717) is 0 Å². The first-order valence-corrected chi connectivity index (χ1v) is 2.85. The molecule has 0 aromatic carbocycles. The van der Waals surface area contributed by atoms with Crippen LogP contribution < -0.4 is 11.1 Å². The number of ether oxygens (including phenoxy) is 1. The first kappa shape index (κ1) is 9.70. The normalized spacial score (nSPS) is 12.1. The maximum absolute atomic E-state index is 10.3. The number of carboxylic acid groups (broad SMARTS) is 1. The lowest BCUT2D eigenvalue weighted by molar-refractivity contribution is -0.140. The highest BCUT2D eigenvalue weighted by atomic mass is 16.5. The SMILES string of the molecule is COCC(NC(N)=O)C(=O)O. The number of primary amides is 1. The lowest BCUT2D eigenvalue weighted by Gasteiger charge is -2.10. The van der Waals surface area contributed by atoms with Crippen molar-refractivity contribution in [1.82, 2.24) is 5.32 Å². The minimum absolute atomic E-state index is 0.0989. The second-order valence-electron chi connectivity index (χ2n) is 1.85. The van der Waals surface area contributed by atoms with Crippen LogP contribution in [0.15, 0.2) is 0 Å². The van der Waals surface area contributed by atoms with E-state index in [1.54, 1.807) is 0 Å². The highest BCUT2D eigenvalue weighted by Crippen LogP contribution is 1.83. The van der Waals surface area contributed by atoms with Gasteiger partial charge in [-0.25, -0.2) is 9.59 Å². The highest BCUT2D eigenvalue weighted by molar-refractivity contribution is 5.81. The van der Waals surface area contributed by atoms with Gasteiger partial charge in [-0.05, 0) is 0 Å². The molecule has 0 aliphatic rings. The van der Waals surface area contributed by atoms with Gasteiger partial charge in [0.05, 0.1) is 6.61 Å². The summed E-state index contributed by atoms with van der Waals surface area (Å²) in [6, 6.07) is -1.95. The zero-order valence-corrected chi connectivity index (χ0v) is 6.03. The fourth-order valence-electron chi connectivity index (χ4n) is 0.513. The first-order chi connectivity index (χ1) is 5.07. The third-order valence-electron chi connectivity index (χ3n) is 0.948. The summed E-state index contributed by atoms with van der Waals surface area (Å²) in [6.07, 6.45) is 0. The lowest BCUT2D eigenvalue weighted by Crippen LogP contribution is -2.46. The molecule has 0 aliphatic carbocycles. The van der Waals surface area contributed by atoms with E-state index in [0.717, 1.165) is 0 Å². The van der Waals surface area contributed by atoms with Crippen molar-refractivity contribution < 1.29 is 19.4 Å². The number of nitrogens with one attached hydrogen (secondary N) is 1. The van der Waals surface area contributed by atoms with E-state index >= 15 is 0 Å². The van der Waals surface area contributed by atoms with Gasteiger partial charge in [0.2, 0.25) is 0 Å². The molecular formula is C5H10N2O4. The maximum atomic E-state index is 10.3. The van der Waals surface area contributed by atoms with Crippen LogP contribution in [0.2, 0.25) is 0 Å². The minimum Gasteiger partial charge on any atom is -0.480 e. The van der Waals surface area contributed by atoms with E-state index in [9.17, 15) is 9.59 Å². The summed E-state index contributed by atoms with van der Waals surface area (Å²) in [7, 11) is 1.33. The molecule has 0 aliphatic heterocycles. The molecular weight excluding hydrogens is 152 g/mol. The molecule has 0 fully saturated rings. The molecule has 0 radical (unpaired) electrons. The van der Waals surface area contributed by atoms with E-state index < -0.39 is 18.0 Å². The Kier molecular flexibility index (Phi) is 3.97. The molecule has 0 heterocycles. The fraction of sp³-hybridized carbons (Fsp3) is 0.600. The lowest BCUT2D eigenvalue weighted by atomic mass is 10.3. The number of nitrogens with two attached hydrogens (primary N) is 1. The largest absolute Gasteiger partial charge is 0.480 e. The van der Waals surface area contributed by atoms with Crippen molar-refractivity contribution in [1.29, 1.82) is 0 Å². The van der Waals surface area contributed by atoms with Crippen LogP contribution in [-0.4, -0.2) is 36.9 Å². The summed E-state index contributed by atoms with van der Waals surface area (Å²) in [5, 5.41) is 10.4. The van der Waals surface area contributed by atoms with Crippen molar-refractivity contribution >= 4 is 12.0 Å². The van der Waals surface area contributed by atoms with E-state index in [1.165, 1.54) is 7.11 Å². The number of methoxy groups -OCH3 is 1. The Morgan fingerprint density at radius 3 is 2.55 bits per heavy atom. The molecule has 1 atom stereocenters. The van der Waals surface area contributed by atoms with Crippen LogP contribution in [0.1, 0.15) is 0 Å². The Bertz CT molecular complexity index is 159. The van der Waals surface area contributed by atoms with Crippen molar-refractivity contribution in [2.75, 3.05) is 13.7 Å². The number of rotatable bonds is 4. The summed E-state index contributed by atoms with van der Waals surface area (Å²) in [6.45, 7) is -0.0989. The Hall–Kier alpha value is -1.30. The maximum Gasteiger partial charge on any atom is 0.328 e. The van der Waals surface area contributed by atoms with E-state index in [1.807, 2.05) is 5.32 Å². The first-order valence-electron chi connectivity index (χ1n) is 2.85.